The van der Waals surface area contributed by atoms with Crippen LogP contribution in [0.1, 0.15) is 13.8 Å². The molecular formula is C10H14N2O4S. The zero-order chi connectivity index (χ0) is 12.9. The SMILES string of the molecule is CCOC(=O)C(C)NS(=O)(=O)c1cccnc1. The van der Waals surface area contributed by atoms with Crippen molar-refractivity contribution in [1.29, 1.82) is 0 Å². The summed E-state index contributed by atoms with van der Waals surface area (Å²) in [5.41, 5.74) is 0. The summed E-state index contributed by atoms with van der Waals surface area (Å²) in [5, 5.41) is 0. The predicted molar refractivity (Wildman–Crippen MR) is 60.7 cm³/mol. The second-order valence-electron chi connectivity index (χ2n) is 3.28. The summed E-state index contributed by atoms with van der Waals surface area (Å²) in [6.45, 7) is 3.28. The van der Waals surface area contributed by atoms with Crippen molar-refractivity contribution in [2.45, 2.75) is 24.8 Å². The largest absolute Gasteiger partial charge is 0.465 e. The maximum Gasteiger partial charge on any atom is 0.323 e. The number of pyridine rings is 1. The van der Waals surface area contributed by atoms with Crippen LogP contribution in [0, 0.1) is 0 Å². The number of hydrogen-bond acceptors (Lipinski definition) is 5. The van der Waals surface area contributed by atoms with Crippen molar-refractivity contribution < 1.29 is 17.9 Å². The highest BCUT2D eigenvalue weighted by molar-refractivity contribution is 7.89. The average molecular weight is 258 g/mol. The van der Waals surface area contributed by atoms with E-state index in [2.05, 4.69) is 9.71 Å². The van der Waals surface area contributed by atoms with Crippen molar-refractivity contribution in [3.05, 3.63) is 24.5 Å². The maximum atomic E-state index is 11.8. The van der Waals surface area contributed by atoms with E-state index < -0.39 is 22.0 Å². The van der Waals surface area contributed by atoms with Crippen LogP contribution in [0.2, 0.25) is 0 Å². The fraction of sp³-hybridized carbons (Fsp3) is 0.400. The summed E-state index contributed by atoms with van der Waals surface area (Å²) in [5.74, 6) is -0.611. The van der Waals surface area contributed by atoms with Gasteiger partial charge in [0, 0.05) is 12.4 Å². The molecule has 1 aromatic heterocycles. The number of nitrogens with zero attached hydrogens (tertiary/aromatic N) is 1. The van der Waals surface area contributed by atoms with Crippen LogP contribution < -0.4 is 4.72 Å². The molecule has 0 amide bonds. The molecule has 1 unspecified atom stereocenters. The van der Waals surface area contributed by atoms with E-state index in [4.69, 9.17) is 4.74 Å². The highest BCUT2D eigenvalue weighted by Crippen LogP contribution is 2.06. The number of hydrogen-bond donors (Lipinski definition) is 1. The minimum atomic E-state index is -3.74. The summed E-state index contributed by atoms with van der Waals surface area (Å²) in [4.78, 5) is 15.0. The normalized spacial score (nSPS) is 13.1. The van der Waals surface area contributed by atoms with Gasteiger partial charge in [0.1, 0.15) is 10.9 Å². The van der Waals surface area contributed by atoms with Gasteiger partial charge in [0.25, 0.3) is 0 Å². The molecule has 6 nitrogen and oxygen atoms in total. The summed E-state index contributed by atoms with van der Waals surface area (Å²) in [6, 6.07) is 1.97. The van der Waals surface area contributed by atoms with E-state index in [1.165, 1.54) is 31.5 Å². The van der Waals surface area contributed by atoms with Crippen LogP contribution >= 0.6 is 0 Å². The second kappa shape index (κ2) is 5.74. The third-order valence-electron chi connectivity index (χ3n) is 1.92. The molecule has 0 fully saturated rings. The lowest BCUT2D eigenvalue weighted by Crippen LogP contribution is -2.39. The standard InChI is InChI=1S/C10H14N2O4S/c1-3-16-10(13)8(2)12-17(14,15)9-5-4-6-11-7-9/h4-8,12H,3H2,1-2H3. The van der Waals surface area contributed by atoms with Crippen molar-refractivity contribution in [1.82, 2.24) is 9.71 Å². The smallest absolute Gasteiger partial charge is 0.323 e. The van der Waals surface area contributed by atoms with Crippen LogP contribution in [0.4, 0.5) is 0 Å². The lowest BCUT2D eigenvalue weighted by molar-refractivity contribution is -0.144. The third kappa shape index (κ3) is 3.79. The first-order chi connectivity index (χ1) is 7.97. The van der Waals surface area contributed by atoms with Crippen LogP contribution in [0.15, 0.2) is 29.4 Å². The van der Waals surface area contributed by atoms with Crippen molar-refractivity contribution in [3.63, 3.8) is 0 Å². The van der Waals surface area contributed by atoms with Crippen molar-refractivity contribution in [3.8, 4) is 0 Å². The Hall–Kier alpha value is -1.47. The Bertz CT molecular complexity index is 472. The molecule has 0 aromatic carbocycles. The van der Waals surface area contributed by atoms with Gasteiger partial charge in [-0.15, -0.1) is 0 Å². The molecular weight excluding hydrogens is 244 g/mol. The molecule has 0 aliphatic carbocycles. The highest BCUT2D eigenvalue weighted by Gasteiger charge is 2.22. The zero-order valence-electron chi connectivity index (χ0n) is 9.58. The van der Waals surface area contributed by atoms with Gasteiger partial charge in [0.15, 0.2) is 0 Å². The van der Waals surface area contributed by atoms with Gasteiger partial charge < -0.3 is 4.74 Å². The van der Waals surface area contributed by atoms with Gasteiger partial charge in [-0.1, -0.05) is 0 Å². The van der Waals surface area contributed by atoms with Crippen molar-refractivity contribution in [2.75, 3.05) is 6.61 Å². The minimum absolute atomic E-state index is 0.0103. The molecule has 94 valence electrons. The fourth-order valence-corrected chi connectivity index (χ4v) is 2.28. The van der Waals surface area contributed by atoms with Crippen molar-refractivity contribution >= 4 is 16.0 Å². The minimum Gasteiger partial charge on any atom is -0.465 e. The lowest BCUT2D eigenvalue weighted by atomic mass is 10.4. The summed E-state index contributed by atoms with van der Waals surface area (Å²) < 4.78 is 30.5. The van der Waals surface area contributed by atoms with E-state index in [9.17, 15) is 13.2 Å². The molecule has 0 spiro atoms. The maximum absolute atomic E-state index is 11.8. The number of aromatic nitrogens is 1. The Kier molecular flexibility index (Phi) is 4.59. The predicted octanol–water partition coefficient (Wildman–Crippen LogP) is 0.311. The lowest BCUT2D eigenvalue weighted by Gasteiger charge is -2.12. The van der Waals surface area contributed by atoms with Crippen LogP contribution in [0.5, 0.6) is 0 Å². The van der Waals surface area contributed by atoms with Gasteiger partial charge in [-0.25, -0.2) is 8.42 Å². The van der Waals surface area contributed by atoms with Gasteiger partial charge in [0.2, 0.25) is 10.0 Å². The molecule has 1 rings (SSSR count). The summed E-state index contributed by atoms with van der Waals surface area (Å²) in [7, 11) is -3.74. The molecule has 0 aliphatic rings. The van der Waals surface area contributed by atoms with E-state index in [1.54, 1.807) is 6.92 Å². The van der Waals surface area contributed by atoms with Gasteiger partial charge in [-0.2, -0.15) is 4.72 Å². The summed E-state index contributed by atoms with van der Waals surface area (Å²) in [6.07, 6.45) is 2.67. The second-order valence-corrected chi connectivity index (χ2v) is 5.00. The summed E-state index contributed by atoms with van der Waals surface area (Å²) >= 11 is 0. The van der Waals surface area contributed by atoms with E-state index in [0.717, 1.165) is 0 Å². The molecule has 17 heavy (non-hydrogen) atoms. The van der Waals surface area contributed by atoms with Crippen LogP contribution in [0.25, 0.3) is 0 Å². The first-order valence-corrected chi connectivity index (χ1v) is 6.54. The van der Waals surface area contributed by atoms with E-state index >= 15 is 0 Å². The Morgan fingerprint density at radius 2 is 2.29 bits per heavy atom. The average Bonchev–Trinajstić information content (AvgIpc) is 2.30. The molecule has 0 bridgehead atoms. The van der Waals surface area contributed by atoms with Gasteiger partial charge >= 0.3 is 5.97 Å². The Morgan fingerprint density at radius 3 is 2.82 bits per heavy atom. The number of sulfonamides is 1. The van der Waals surface area contributed by atoms with Gasteiger partial charge in [-0.05, 0) is 26.0 Å². The number of nitrogens with one attached hydrogen (secondary N) is 1. The molecule has 7 heteroatoms. The number of carbonyl (C=O) groups is 1. The molecule has 0 saturated heterocycles. The number of rotatable bonds is 5. The molecule has 1 heterocycles. The Morgan fingerprint density at radius 1 is 1.59 bits per heavy atom. The van der Waals surface area contributed by atoms with Gasteiger partial charge in [0.05, 0.1) is 6.61 Å². The molecule has 1 atom stereocenters. The molecule has 0 radical (unpaired) electrons. The molecule has 1 aromatic rings. The van der Waals surface area contributed by atoms with Crippen LogP contribution in [-0.2, 0) is 19.6 Å². The van der Waals surface area contributed by atoms with Crippen LogP contribution in [-0.4, -0.2) is 32.0 Å². The first-order valence-electron chi connectivity index (χ1n) is 5.06. The monoisotopic (exact) mass is 258 g/mol. The molecule has 0 aliphatic heterocycles. The highest BCUT2D eigenvalue weighted by atomic mass is 32.2. The number of esters is 1. The molecule has 0 saturated carbocycles. The Labute approximate surface area is 100 Å². The third-order valence-corrected chi connectivity index (χ3v) is 3.44. The number of ether oxygens (including phenoxy) is 1. The van der Waals surface area contributed by atoms with E-state index in [1.807, 2.05) is 0 Å². The van der Waals surface area contributed by atoms with Crippen LogP contribution in [0.3, 0.4) is 0 Å². The number of carbonyl (C=O) groups excluding carboxylic acids is 1. The fourth-order valence-electron chi connectivity index (χ4n) is 1.12. The van der Waals surface area contributed by atoms with E-state index in [-0.39, 0.29) is 11.5 Å². The van der Waals surface area contributed by atoms with Gasteiger partial charge in [-0.3, -0.25) is 9.78 Å². The Balaban J connectivity index is 2.78. The van der Waals surface area contributed by atoms with Crippen molar-refractivity contribution in [2.24, 2.45) is 0 Å². The zero-order valence-corrected chi connectivity index (χ0v) is 10.4. The first kappa shape index (κ1) is 13.6. The van der Waals surface area contributed by atoms with E-state index in [0.29, 0.717) is 0 Å². The topological polar surface area (TPSA) is 85.4 Å². The quantitative estimate of drug-likeness (QED) is 0.768. The molecule has 1 N–H and O–H groups in total.